The summed E-state index contributed by atoms with van der Waals surface area (Å²) in [5.74, 6) is 0. The fourth-order valence-electron chi connectivity index (χ4n) is 21.3. The Morgan fingerprint density at radius 3 is 0.908 bits per heavy atom. The molecule has 26 rings (SSSR count). The van der Waals surface area contributed by atoms with E-state index in [4.69, 9.17) is 0 Å². The first-order valence-corrected chi connectivity index (χ1v) is 46.6. The van der Waals surface area contributed by atoms with E-state index >= 15 is 0 Å². The molecule has 2 aliphatic rings. The summed E-state index contributed by atoms with van der Waals surface area (Å²) in [6, 6.07) is 135. The third kappa shape index (κ3) is 11.7. The van der Waals surface area contributed by atoms with Crippen LogP contribution < -0.4 is 26.2 Å². The molecule has 0 amide bonds. The molecule has 7 heterocycles. The zero-order chi connectivity index (χ0) is 91.7. The van der Waals surface area contributed by atoms with Crippen LogP contribution in [0.4, 0.5) is 34.1 Å². The number of fused-ring (bicyclic) bond motifs is 19. The first-order chi connectivity index (χ1) is 66.3. The van der Waals surface area contributed by atoms with E-state index in [1.807, 2.05) is 12.1 Å². The van der Waals surface area contributed by atoms with Gasteiger partial charge in [-0.3, -0.25) is 0 Å². The molecule has 6 nitrogen and oxygen atoms in total. The van der Waals surface area contributed by atoms with Crippen molar-refractivity contribution in [3.8, 4) is 78.4 Å². The molecule has 2 aliphatic heterocycles. The standard InChI is InChI=1S/C122H87BN6Se/c1-121(2,3)82-68-95(76-33-11-7-12-34-76)119(96(69-82)77-35-13-8-14-36-77)128-112-74-86(126-108-52-30-23-45-92(108)99-72-84(58-62-110(99)126)124-104-48-26-19-41-88(104)89-42-20-27-49-105(89)124)56-60-102(112)123-103-61-57-87(127-109-53-31-24-46-93(109)100-73-85(59-63-111(100)127)125-106-50-28-21-43-90(106)91-44-22-29-51-107(91)125)75-113(103)129(115-67-81(66-114(128)118(115)123)80-55-64-117-101(65-80)94-47-25-32-54-116(94)130-117)120-97(78-37-15-9-16-38-78)70-83(122(4,5)6)71-98(120)79-39-17-10-18-40-79/h7-75H,1-6H3/i56D,57D,60D,61D,74D,75D. The first-order valence-electron chi connectivity index (χ1n) is 47.9. The molecule has 0 unspecified atom stereocenters. The molecular weight excluding hydrogens is 1640 g/mol. The van der Waals surface area contributed by atoms with Crippen LogP contribution in [0.25, 0.3) is 185 Å². The minimum Gasteiger partial charge on any atom is -0.0622 e. The molecule has 0 fully saturated rings. The van der Waals surface area contributed by atoms with Crippen LogP contribution in [0.1, 0.15) is 60.9 Å². The van der Waals surface area contributed by atoms with E-state index in [-0.39, 0.29) is 62.1 Å². The quantitative estimate of drug-likeness (QED) is 0.121. The van der Waals surface area contributed by atoms with Gasteiger partial charge in [0.25, 0.3) is 0 Å². The molecule has 0 N–H and O–H groups in total. The van der Waals surface area contributed by atoms with Gasteiger partial charge in [0.2, 0.25) is 0 Å². The number of nitrogens with zero attached hydrogens (tertiary/aromatic N) is 6. The van der Waals surface area contributed by atoms with Crippen LogP contribution in [-0.2, 0) is 10.8 Å². The average molecular weight is 1730 g/mol. The predicted molar refractivity (Wildman–Crippen MR) is 554 cm³/mol. The first kappa shape index (κ1) is 69.7. The summed E-state index contributed by atoms with van der Waals surface area (Å²) in [4.78, 5) is 4.62. The Labute approximate surface area is 769 Å². The second-order valence-electron chi connectivity index (χ2n) is 37.0. The average Bonchev–Trinajstić information content (AvgIpc) is 1.63. The summed E-state index contributed by atoms with van der Waals surface area (Å²) >= 11 is 0.0260. The van der Waals surface area contributed by atoms with Crippen LogP contribution in [0.15, 0.2) is 418 Å². The fourth-order valence-corrected chi connectivity index (χ4v) is 23.6. The summed E-state index contributed by atoms with van der Waals surface area (Å²) in [7, 11) is 0. The molecule has 8 heteroatoms. The second kappa shape index (κ2) is 29.0. The van der Waals surface area contributed by atoms with Crippen molar-refractivity contribution in [2.24, 2.45) is 0 Å². The van der Waals surface area contributed by atoms with Gasteiger partial charge >= 0.3 is 357 Å². The zero-order valence-electron chi connectivity index (χ0n) is 78.5. The van der Waals surface area contributed by atoms with Crippen LogP contribution in [0.3, 0.4) is 0 Å². The number of rotatable bonds is 11. The van der Waals surface area contributed by atoms with Crippen molar-refractivity contribution in [2.45, 2.75) is 52.4 Å². The van der Waals surface area contributed by atoms with Crippen LogP contribution in [0.5, 0.6) is 0 Å². The van der Waals surface area contributed by atoms with E-state index < -0.39 is 17.5 Å². The van der Waals surface area contributed by atoms with Gasteiger partial charge in [-0.2, -0.15) is 0 Å². The van der Waals surface area contributed by atoms with E-state index in [9.17, 15) is 8.22 Å². The Morgan fingerprint density at radius 1 is 0.238 bits per heavy atom. The molecule has 0 spiro atoms. The monoisotopic (exact) mass is 1730 g/mol. The molecule has 0 aliphatic carbocycles. The topological polar surface area (TPSA) is 26.2 Å². The molecule has 5 aromatic heterocycles. The van der Waals surface area contributed by atoms with Crippen molar-refractivity contribution >= 4 is 178 Å². The van der Waals surface area contributed by atoms with E-state index in [0.29, 0.717) is 39.1 Å². The summed E-state index contributed by atoms with van der Waals surface area (Å²) in [6.45, 7) is 12.4. The van der Waals surface area contributed by atoms with Crippen LogP contribution >= 0.6 is 0 Å². The van der Waals surface area contributed by atoms with Crippen molar-refractivity contribution in [1.29, 1.82) is 0 Å². The molecule has 0 radical (unpaired) electrons. The Morgan fingerprint density at radius 2 is 0.546 bits per heavy atom. The van der Waals surface area contributed by atoms with Gasteiger partial charge in [-0.1, -0.05) is 224 Å². The second-order valence-corrected chi connectivity index (χ2v) is 39.2. The fraction of sp³-hybridized carbons (Fsp3) is 0.0656. The van der Waals surface area contributed by atoms with Gasteiger partial charge in [0.15, 0.2) is 0 Å². The molecule has 19 aromatic carbocycles. The van der Waals surface area contributed by atoms with Crippen LogP contribution in [-0.4, -0.2) is 39.5 Å². The Hall–Kier alpha value is -15.4. The number of aromatic nitrogens is 4. The third-order valence-corrected chi connectivity index (χ3v) is 29.8. The van der Waals surface area contributed by atoms with Crippen molar-refractivity contribution in [2.75, 3.05) is 9.80 Å². The summed E-state index contributed by atoms with van der Waals surface area (Å²) in [5.41, 5.74) is 24.5. The third-order valence-electron chi connectivity index (χ3n) is 27.4. The van der Waals surface area contributed by atoms with Crippen molar-refractivity contribution in [1.82, 2.24) is 18.3 Å². The molecule has 0 atom stereocenters. The Bertz CT molecular complexity index is 8540. The van der Waals surface area contributed by atoms with Crippen molar-refractivity contribution in [3.05, 3.63) is 430 Å². The van der Waals surface area contributed by atoms with Crippen molar-refractivity contribution < 1.29 is 8.22 Å². The molecule has 130 heavy (non-hydrogen) atoms. The van der Waals surface area contributed by atoms with Crippen LogP contribution in [0, 0.1) is 0 Å². The molecule has 0 bridgehead atoms. The van der Waals surface area contributed by atoms with Gasteiger partial charge < -0.3 is 9.13 Å². The van der Waals surface area contributed by atoms with Gasteiger partial charge in [0, 0.05) is 54.5 Å². The number of anilines is 6. The SMILES string of the molecule is [2H]c1c([2H])c(-n2c3ccccc3c3cc(-n4c5ccccc5c5ccccc54)ccc32)c([2H])c2c1B1c3c(cc(-c4ccc5[se]c6ccccc6c5c4)cc3N(c3c(-c4ccccc4)cc(C(C)(C)C)cc3-c3ccccc3)c3c([2H])c(-n4c5ccccc5c5cc(-n6c7ccccc7c7ccccc76)ccc54)c([2H])c([2H])c31)N2c1c(-c2ccccc2)cc(C(C)(C)C)cc1-c1ccccc1. The van der Waals surface area contributed by atoms with E-state index in [1.54, 1.807) is 0 Å². The van der Waals surface area contributed by atoms with Gasteiger partial charge in [-0.25, -0.2) is 0 Å². The van der Waals surface area contributed by atoms with Gasteiger partial charge in [-0.05, 0) is 83.6 Å². The van der Waals surface area contributed by atoms with Crippen molar-refractivity contribution in [3.63, 3.8) is 0 Å². The van der Waals surface area contributed by atoms with Gasteiger partial charge in [0.1, 0.15) is 0 Å². The summed E-state index contributed by atoms with van der Waals surface area (Å²) in [5, 5.41) is 10.5. The molecular formula is C122H87BN6Se. The summed E-state index contributed by atoms with van der Waals surface area (Å²) in [6.07, 6.45) is 0. The minimum atomic E-state index is -1.22. The van der Waals surface area contributed by atoms with Gasteiger partial charge in [0.05, 0.1) is 46.9 Å². The maximum atomic E-state index is 12.3. The number of hydrogen-bond acceptors (Lipinski definition) is 2. The van der Waals surface area contributed by atoms with Gasteiger partial charge in [-0.15, -0.1) is 0 Å². The Balaban J connectivity index is 0.853. The molecule has 0 saturated heterocycles. The van der Waals surface area contributed by atoms with E-state index in [2.05, 4.69) is 440 Å². The molecule has 614 valence electrons. The number of benzene rings is 19. The molecule has 0 saturated carbocycles. The maximum absolute atomic E-state index is 12.3. The number of hydrogen-bond donors (Lipinski definition) is 0. The smallest absolute Gasteiger partial charge is 0.0622 e. The number of para-hydroxylation sites is 6. The Kier molecular flexibility index (Phi) is 15.6. The summed E-state index contributed by atoms with van der Waals surface area (Å²) < 4.78 is 82.7. The normalized spacial score (nSPS) is 13.4. The van der Waals surface area contributed by atoms with E-state index in [0.717, 1.165) is 182 Å². The zero-order valence-corrected chi connectivity index (χ0v) is 74.3. The molecule has 24 aromatic rings. The van der Waals surface area contributed by atoms with Crippen LogP contribution in [0.2, 0.25) is 0 Å². The predicted octanol–water partition coefficient (Wildman–Crippen LogP) is 30.5. The minimum absolute atomic E-state index is 0.0256. The van der Waals surface area contributed by atoms with E-state index in [1.165, 1.54) is 13.9 Å².